The molecule has 2 unspecified atom stereocenters. The molecule has 0 amide bonds. The summed E-state index contributed by atoms with van der Waals surface area (Å²) < 4.78 is 0. The Hall–Kier alpha value is -0.340. The van der Waals surface area contributed by atoms with Crippen LogP contribution in [0.3, 0.4) is 0 Å². The van der Waals surface area contributed by atoms with E-state index in [4.69, 9.17) is 5.73 Å². The van der Waals surface area contributed by atoms with E-state index < -0.39 is 5.60 Å². The van der Waals surface area contributed by atoms with E-state index in [2.05, 4.69) is 6.58 Å². The normalized spacial score (nSPS) is 43.1. The van der Waals surface area contributed by atoms with Gasteiger partial charge in [0.15, 0.2) is 0 Å². The van der Waals surface area contributed by atoms with Crippen LogP contribution in [0.5, 0.6) is 0 Å². The van der Waals surface area contributed by atoms with Crippen LogP contribution < -0.4 is 5.73 Å². The molecule has 0 aliphatic heterocycles. The molecule has 0 spiro atoms. The lowest BCUT2D eigenvalue weighted by molar-refractivity contribution is 0.0982. The quantitative estimate of drug-likeness (QED) is 0.501. The maximum absolute atomic E-state index is 9.47. The second-order valence-electron chi connectivity index (χ2n) is 2.81. The number of hydrogen-bond acceptors (Lipinski definition) is 2. The van der Waals surface area contributed by atoms with Crippen LogP contribution in [0.4, 0.5) is 0 Å². The van der Waals surface area contributed by atoms with Crippen LogP contribution in [0.25, 0.3) is 0 Å². The van der Waals surface area contributed by atoms with Crippen LogP contribution in [0, 0.1) is 0 Å². The molecule has 0 bridgehead atoms. The molecule has 0 aromatic carbocycles. The van der Waals surface area contributed by atoms with E-state index in [9.17, 15) is 5.11 Å². The maximum atomic E-state index is 9.47. The highest BCUT2D eigenvalue weighted by molar-refractivity contribution is 5.02. The van der Waals surface area contributed by atoms with Crippen molar-refractivity contribution in [1.82, 2.24) is 0 Å². The van der Waals surface area contributed by atoms with Crippen LogP contribution in [0.2, 0.25) is 0 Å². The van der Waals surface area contributed by atoms with Gasteiger partial charge in [0.1, 0.15) is 0 Å². The zero-order valence-corrected chi connectivity index (χ0v) is 5.51. The van der Waals surface area contributed by atoms with Crippen molar-refractivity contribution in [2.45, 2.75) is 30.9 Å². The third-order valence-electron chi connectivity index (χ3n) is 1.94. The van der Waals surface area contributed by atoms with Gasteiger partial charge >= 0.3 is 0 Å². The van der Waals surface area contributed by atoms with Crippen LogP contribution in [0.1, 0.15) is 19.3 Å². The molecule has 1 fully saturated rings. The minimum atomic E-state index is -0.653. The molecule has 0 aromatic rings. The van der Waals surface area contributed by atoms with Crippen molar-refractivity contribution >= 4 is 0 Å². The Morgan fingerprint density at radius 3 is 2.67 bits per heavy atom. The molecule has 0 aromatic heterocycles. The van der Waals surface area contributed by atoms with E-state index in [1.165, 1.54) is 0 Å². The van der Waals surface area contributed by atoms with Gasteiger partial charge in [-0.2, -0.15) is 0 Å². The summed E-state index contributed by atoms with van der Waals surface area (Å²) in [5, 5.41) is 9.47. The van der Waals surface area contributed by atoms with Crippen LogP contribution in [0.15, 0.2) is 12.7 Å². The molecule has 2 atom stereocenters. The van der Waals surface area contributed by atoms with Gasteiger partial charge in [0.25, 0.3) is 0 Å². The molecule has 3 N–H and O–H groups in total. The molecule has 0 saturated heterocycles. The molecule has 1 aliphatic rings. The summed E-state index contributed by atoms with van der Waals surface area (Å²) in [6, 6.07) is 0.174. The fourth-order valence-electron chi connectivity index (χ4n) is 1.28. The number of rotatable bonds is 1. The lowest BCUT2D eigenvalue weighted by atomic mass is 10.0. The Morgan fingerprint density at radius 2 is 2.44 bits per heavy atom. The Labute approximate surface area is 55.4 Å². The molecular weight excluding hydrogens is 114 g/mol. The highest BCUT2D eigenvalue weighted by atomic mass is 16.3. The third-order valence-corrected chi connectivity index (χ3v) is 1.94. The largest absolute Gasteiger partial charge is 0.386 e. The summed E-state index contributed by atoms with van der Waals surface area (Å²) in [7, 11) is 0. The van der Waals surface area contributed by atoms with Gasteiger partial charge in [0.2, 0.25) is 0 Å². The first kappa shape index (κ1) is 6.78. The second-order valence-corrected chi connectivity index (χ2v) is 2.81. The van der Waals surface area contributed by atoms with Crippen LogP contribution >= 0.6 is 0 Å². The Bertz CT molecular complexity index is 124. The first-order chi connectivity index (χ1) is 4.16. The summed E-state index contributed by atoms with van der Waals surface area (Å²) in [5.41, 5.74) is 4.92. The molecule has 1 aliphatic carbocycles. The Balaban J connectivity index is 2.54. The molecule has 2 nitrogen and oxygen atoms in total. The molecular formula is C7H13NO. The fourth-order valence-corrected chi connectivity index (χ4v) is 1.28. The van der Waals surface area contributed by atoms with Crippen molar-refractivity contribution in [2.75, 3.05) is 0 Å². The summed E-state index contributed by atoms with van der Waals surface area (Å²) in [4.78, 5) is 0. The third kappa shape index (κ3) is 1.32. The van der Waals surface area contributed by atoms with Gasteiger partial charge in [-0.15, -0.1) is 6.58 Å². The first-order valence-corrected chi connectivity index (χ1v) is 3.28. The predicted octanol–water partition coefficient (Wildman–Crippen LogP) is 0.415. The maximum Gasteiger partial charge on any atom is 0.0840 e. The molecule has 1 saturated carbocycles. The molecule has 9 heavy (non-hydrogen) atoms. The minimum Gasteiger partial charge on any atom is -0.386 e. The SMILES string of the molecule is C=CC1(O)CCC(N)C1. The van der Waals surface area contributed by atoms with Gasteiger partial charge in [-0.1, -0.05) is 6.08 Å². The van der Waals surface area contributed by atoms with Gasteiger partial charge in [-0.05, 0) is 19.3 Å². The van der Waals surface area contributed by atoms with Crippen molar-refractivity contribution in [1.29, 1.82) is 0 Å². The van der Waals surface area contributed by atoms with Gasteiger partial charge in [0, 0.05) is 6.04 Å². The summed E-state index contributed by atoms with van der Waals surface area (Å²) in [6.07, 6.45) is 3.97. The highest BCUT2D eigenvalue weighted by Crippen LogP contribution is 2.29. The summed E-state index contributed by atoms with van der Waals surface area (Å²) in [5.74, 6) is 0. The van der Waals surface area contributed by atoms with E-state index in [1.807, 2.05) is 0 Å². The molecule has 2 heteroatoms. The minimum absolute atomic E-state index is 0.174. The van der Waals surface area contributed by atoms with E-state index >= 15 is 0 Å². The van der Waals surface area contributed by atoms with Crippen LogP contribution in [-0.4, -0.2) is 16.7 Å². The lowest BCUT2D eigenvalue weighted by Crippen LogP contribution is -2.24. The van der Waals surface area contributed by atoms with Crippen LogP contribution in [-0.2, 0) is 0 Å². The van der Waals surface area contributed by atoms with E-state index in [0.29, 0.717) is 6.42 Å². The monoisotopic (exact) mass is 127 g/mol. The van der Waals surface area contributed by atoms with E-state index in [1.54, 1.807) is 6.08 Å². The number of aliphatic hydroxyl groups is 1. The lowest BCUT2D eigenvalue weighted by Gasteiger charge is -2.15. The van der Waals surface area contributed by atoms with Crippen molar-refractivity contribution in [3.63, 3.8) is 0 Å². The van der Waals surface area contributed by atoms with Gasteiger partial charge in [-0.3, -0.25) is 0 Å². The van der Waals surface area contributed by atoms with Gasteiger partial charge < -0.3 is 10.8 Å². The summed E-state index contributed by atoms with van der Waals surface area (Å²) in [6.45, 7) is 3.54. The van der Waals surface area contributed by atoms with E-state index in [0.717, 1.165) is 12.8 Å². The smallest absolute Gasteiger partial charge is 0.0840 e. The van der Waals surface area contributed by atoms with Crippen molar-refractivity contribution < 1.29 is 5.11 Å². The molecule has 0 radical (unpaired) electrons. The molecule has 0 heterocycles. The first-order valence-electron chi connectivity index (χ1n) is 3.28. The Kier molecular flexibility index (Phi) is 1.60. The molecule has 52 valence electrons. The number of nitrogens with two attached hydrogens (primary N) is 1. The van der Waals surface area contributed by atoms with Crippen molar-refractivity contribution in [3.8, 4) is 0 Å². The zero-order valence-electron chi connectivity index (χ0n) is 5.51. The fraction of sp³-hybridized carbons (Fsp3) is 0.714. The second kappa shape index (κ2) is 2.12. The summed E-state index contributed by atoms with van der Waals surface area (Å²) >= 11 is 0. The highest BCUT2D eigenvalue weighted by Gasteiger charge is 2.32. The van der Waals surface area contributed by atoms with Gasteiger partial charge in [0.05, 0.1) is 5.60 Å². The van der Waals surface area contributed by atoms with Gasteiger partial charge in [-0.25, -0.2) is 0 Å². The predicted molar refractivity (Wildman–Crippen MR) is 37.0 cm³/mol. The number of hydrogen-bond donors (Lipinski definition) is 2. The molecule has 1 rings (SSSR count). The zero-order chi connectivity index (χ0) is 6.91. The topological polar surface area (TPSA) is 46.2 Å². The van der Waals surface area contributed by atoms with E-state index in [-0.39, 0.29) is 6.04 Å². The average Bonchev–Trinajstić information content (AvgIpc) is 2.13. The van der Waals surface area contributed by atoms with Crippen molar-refractivity contribution in [3.05, 3.63) is 12.7 Å². The van der Waals surface area contributed by atoms with Crippen molar-refractivity contribution in [2.24, 2.45) is 5.73 Å². The average molecular weight is 127 g/mol. The Morgan fingerprint density at radius 1 is 1.78 bits per heavy atom. The standard InChI is InChI=1S/C7H13NO/c1-2-7(9)4-3-6(8)5-7/h2,6,9H,1,3-5,8H2.